The fourth-order valence-electron chi connectivity index (χ4n) is 1.64. The Kier molecular flexibility index (Phi) is 4.94. The van der Waals surface area contributed by atoms with E-state index in [1.165, 1.54) is 11.3 Å². The molecular weight excluding hydrogens is 210 g/mol. The Labute approximate surface area is 105 Å². The average Bonchev–Trinajstić information content (AvgIpc) is 2.27. The van der Waals surface area contributed by atoms with Gasteiger partial charge in [-0.1, -0.05) is 13.8 Å². The molecule has 0 aliphatic heterocycles. The summed E-state index contributed by atoms with van der Waals surface area (Å²) in [5.41, 5.74) is 2.47. The lowest BCUT2D eigenvalue weighted by Crippen LogP contribution is -2.27. The Morgan fingerprint density at radius 1 is 1.24 bits per heavy atom. The van der Waals surface area contributed by atoms with Crippen LogP contribution in [0.2, 0.25) is 0 Å². The van der Waals surface area contributed by atoms with E-state index in [-0.39, 0.29) is 0 Å². The minimum atomic E-state index is 0.464. The monoisotopic (exact) mass is 235 g/mol. The zero-order chi connectivity index (χ0) is 13.0. The molecular formula is C14H25N3. The lowest BCUT2D eigenvalue weighted by atomic mass is 10.1. The predicted molar refractivity (Wildman–Crippen MR) is 74.6 cm³/mol. The van der Waals surface area contributed by atoms with Crippen molar-refractivity contribution < 1.29 is 0 Å². The number of hydrogen-bond acceptors (Lipinski definition) is 3. The number of rotatable bonds is 5. The molecule has 0 aromatic carbocycles. The third-order valence-corrected chi connectivity index (χ3v) is 3.00. The number of anilines is 1. The minimum absolute atomic E-state index is 0.464. The summed E-state index contributed by atoms with van der Waals surface area (Å²) >= 11 is 0. The molecule has 1 aromatic rings. The Morgan fingerprint density at radius 3 is 2.35 bits per heavy atom. The maximum absolute atomic E-state index is 4.73. The SMILES string of the molecule is CNCc1cc(C(C)C)nc(N(C)C(C)C)c1. The summed E-state index contributed by atoms with van der Waals surface area (Å²) in [4.78, 5) is 6.95. The van der Waals surface area contributed by atoms with E-state index in [9.17, 15) is 0 Å². The Hall–Kier alpha value is -1.09. The van der Waals surface area contributed by atoms with Gasteiger partial charge in [0.25, 0.3) is 0 Å². The van der Waals surface area contributed by atoms with Crippen molar-refractivity contribution in [2.45, 2.75) is 46.2 Å². The summed E-state index contributed by atoms with van der Waals surface area (Å²) in [6.45, 7) is 9.62. The highest BCUT2D eigenvalue weighted by atomic mass is 15.2. The first-order valence-electron chi connectivity index (χ1n) is 6.34. The highest BCUT2D eigenvalue weighted by Gasteiger charge is 2.11. The van der Waals surface area contributed by atoms with Crippen LogP contribution in [0.15, 0.2) is 12.1 Å². The fourth-order valence-corrected chi connectivity index (χ4v) is 1.64. The normalized spacial score (nSPS) is 11.3. The first kappa shape index (κ1) is 14.0. The summed E-state index contributed by atoms with van der Waals surface area (Å²) in [5.74, 6) is 1.53. The quantitative estimate of drug-likeness (QED) is 0.850. The number of aromatic nitrogens is 1. The van der Waals surface area contributed by atoms with Crippen LogP contribution in [-0.4, -0.2) is 25.1 Å². The molecule has 0 unspecified atom stereocenters. The number of nitrogens with one attached hydrogen (secondary N) is 1. The van der Waals surface area contributed by atoms with Crippen molar-refractivity contribution in [3.8, 4) is 0 Å². The third-order valence-electron chi connectivity index (χ3n) is 3.00. The average molecular weight is 235 g/mol. The number of hydrogen-bond donors (Lipinski definition) is 1. The van der Waals surface area contributed by atoms with Crippen LogP contribution in [0.1, 0.15) is 44.9 Å². The van der Waals surface area contributed by atoms with Gasteiger partial charge in [0.05, 0.1) is 0 Å². The molecule has 17 heavy (non-hydrogen) atoms. The van der Waals surface area contributed by atoms with Crippen LogP contribution in [0.3, 0.4) is 0 Å². The van der Waals surface area contributed by atoms with E-state index in [1.807, 2.05) is 7.05 Å². The zero-order valence-electron chi connectivity index (χ0n) is 11.9. The molecule has 1 N–H and O–H groups in total. The second-order valence-corrected chi connectivity index (χ2v) is 5.15. The predicted octanol–water partition coefficient (Wildman–Crippen LogP) is 2.77. The summed E-state index contributed by atoms with van der Waals surface area (Å²) < 4.78 is 0. The van der Waals surface area contributed by atoms with Crippen molar-refractivity contribution in [3.05, 3.63) is 23.4 Å². The highest BCUT2D eigenvalue weighted by Crippen LogP contribution is 2.20. The van der Waals surface area contributed by atoms with Crippen molar-refractivity contribution >= 4 is 5.82 Å². The van der Waals surface area contributed by atoms with Crippen LogP contribution in [0.25, 0.3) is 0 Å². The molecule has 96 valence electrons. The molecule has 1 rings (SSSR count). The minimum Gasteiger partial charge on any atom is -0.357 e. The van der Waals surface area contributed by atoms with Gasteiger partial charge in [0, 0.05) is 25.3 Å². The molecule has 0 atom stereocenters. The molecule has 0 saturated heterocycles. The van der Waals surface area contributed by atoms with Crippen LogP contribution in [0.5, 0.6) is 0 Å². The molecule has 0 radical (unpaired) electrons. The van der Waals surface area contributed by atoms with Crippen molar-refractivity contribution in [2.24, 2.45) is 0 Å². The zero-order valence-corrected chi connectivity index (χ0v) is 11.9. The Bertz CT molecular complexity index is 358. The summed E-state index contributed by atoms with van der Waals surface area (Å²) in [7, 11) is 4.07. The van der Waals surface area contributed by atoms with E-state index in [1.54, 1.807) is 0 Å². The fraction of sp³-hybridized carbons (Fsp3) is 0.643. The highest BCUT2D eigenvalue weighted by molar-refractivity contribution is 5.43. The Balaban J connectivity index is 3.11. The summed E-state index contributed by atoms with van der Waals surface area (Å²) in [5, 5.41) is 3.20. The molecule has 0 amide bonds. The van der Waals surface area contributed by atoms with Gasteiger partial charge in [-0.15, -0.1) is 0 Å². The molecule has 0 saturated carbocycles. The molecule has 1 aromatic heterocycles. The van der Waals surface area contributed by atoms with Gasteiger partial charge >= 0.3 is 0 Å². The first-order chi connectivity index (χ1) is 7.95. The maximum atomic E-state index is 4.73. The second kappa shape index (κ2) is 6.01. The van der Waals surface area contributed by atoms with Crippen LogP contribution in [-0.2, 0) is 6.54 Å². The third kappa shape index (κ3) is 3.70. The van der Waals surface area contributed by atoms with E-state index in [4.69, 9.17) is 4.98 Å². The van der Waals surface area contributed by atoms with E-state index in [0.717, 1.165) is 12.4 Å². The summed E-state index contributed by atoms with van der Waals surface area (Å²) in [6.07, 6.45) is 0. The molecule has 0 fully saturated rings. The van der Waals surface area contributed by atoms with Crippen molar-refractivity contribution in [1.29, 1.82) is 0 Å². The lowest BCUT2D eigenvalue weighted by molar-refractivity contribution is 0.726. The standard InChI is InChI=1S/C14H25N3/c1-10(2)13-7-12(9-15-5)8-14(16-13)17(6)11(3)4/h7-8,10-11,15H,9H2,1-6H3. The molecule has 3 nitrogen and oxygen atoms in total. The summed E-state index contributed by atoms with van der Waals surface area (Å²) in [6, 6.07) is 4.83. The molecule has 0 spiro atoms. The van der Waals surface area contributed by atoms with Crippen molar-refractivity contribution in [1.82, 2.24) is 10.3 Å². The lowest BCUT2D eigenvalue weighted by Gasteiger charge is -2.24. The molecule has 0 bridgehead atoms. The molecule has 1 heterocycles. The van der Waals surface area contributed by atoms with Crippen LogP contribution in [0, 0.1) is 0 Å². The first-order valence-corrected chi connectivity index (χ1v) is 6.34. The van der Waals surface area contributed by atoms with Gasteiger partial charge in [0.2, 0.25) is 0 Å². The van der Waals surface area contributed by atoms with Gasteiger partial charge in [-0.05, 0) is 44.5 Å². The van der Waals surface area contributed by atoms with E-state index < -0.39 is 0 Å². The van der Waals surface area contributed by atoms with Gasteiger partial charge in [-0.2, -0.15) is 0 Å². The number of pyridine rings is 1. The molecule has 3 heteroatoms. The Morgan fingerprint density at radius 2 is 1.88 bits per heavy atom. The van der Waals surface area contributed by atoms with Gasteiger partial charge in [0.1, 0.15) is 5.82 Å². The molecule has 0 aliphatic rings. The van der Waals surface area contributed by atoms with E-state index >= 15 is 0 Å². The van der Waals surface area contributed by atoms with E-state index in [0.29, 0.717) is 12.0 Å². The topological polar surface area (TPSA) is 28.2 Å². The number of nitrogens with zero attached hydrogens (tertiary/aromatic N) is 2. The second-order valence-electron chi connectivity index (χ2n) is 5.15. The molecule has 0 aliphatic carbocycles. The van der Waals surface area contributed by atoms with Gasteiger partial charge in [-0.3, -0.25) is 0 Å². The van der Waals surface area contributed by atoms with E-state index in [2.05, 4.69) is 57.1 Å². The van der Waals surface area contributed by atoms with Crippen LogP contribution < -0.4 is 10.2 Å². The van der Waals surface area contributed by atoms with Crippen molar-refractivity contribution in [3.63, 3.8) is 0 Å². The van der Waals surface area contributed by atoms with Gasteiger partial charge in [-0.25, -0.2) is 4.98 Å². The smallest absolute Gasteiger partial charge is 0.129 e. The maximum Gasteiger partial charge on any atom is 0.129 e. The van der Waals surface area contributed by atoms with Crippen molar-refractivity contribution in [2.75, 3.05) is 19.0 Å². The van der Waals surface area contributed by atoms with Gasteiger partial charge < -0.3 is 10.2 Å². The van der Waals surface area contributed by atoms with Crippen LogP contribution in [0.4, 0.5) is 5.82 Å². The van der Waals surface area contributed by atoms with Crippen LogP contribution >= 0.6 is 0 Å². The largest absolute Gasteiger partial charge is 0.357 e. The van der Waals surface area contributed by atoms with Gasteiger partial charge in [0.15, 0.2) is 0 Å².